The van der Waals surface area contributed by atoms with E-state index in [0.29, 0.717) is 37.5 Å². The number of nitrogens with two attached hydrogens (primary N) is 1. The first-order chi connectivity index (χ1) is 13.5. The standard InChI is InChI=1S/C20H26N4O4/c1-27-11-9-18(25)23-10-3-4-14(13-23)19(26)17-12-22-24(20(17)21)15-5-7-16(28-2)8-6-15/h5-8,12,14H,3-4,9-11,13,21H2,1-2H3/t14-/m0/s1. The van der Waals surface area contributed by atoms with Gasteiger partial charge in [-0.2, -0.15) is 5.10 Å². The summed E-state index contributed by atoms with van der Waals surface area (Å²) in [4.78, 5) is 27.0. The number of methoxy groups -OCH3 is 2. The van der Waals surface area contributed by atoms with Gasteiger partial charge < -0.3 is 20.1 Å². The fourth-order valence-corrected chi connectivity index (χ4v) is 3.46. The van der Waals surface area contributed by atoms with Gasteiger partial charge >= 0.3 is 0 Å². The van der Waals surface area contributed by atoms with Gasteiger partial charge in [-0.1, -0.05) is 0 Å². The highest BCUT2D eigenvalue weighted by Gasteiger charge is 2.31. The van der Waals surface area contributed by atoms with Crippen molar-refractivity contribution in [2.75, 3.05) is 39.6 Å². The molecular weight excluding hydrogens is 360 g/mol. The molecule has 0 spiro atoms. The molecule has 0 radical (unpaired) electrons. The Kier molecular flexibility index (Phi) is 6.30. The van der Waals surface area contributed by atoms with Crippen LogP contribution >= 0.6 is 0 Å². The zero-order valence-corrected chi connectivity index (χ0v) is 16.3. The lowest BCUT2D eigenvalue weighted by Crippen LogP contribution is -2.42. The average Bonchev–Trinajstić information content (AvgIpc) is 3.12. The second kappa shape index (κ2) is 8.88. The van der Waals surface area contributed by atoms with Gasteiger partial charge in [0.1, 0.15) is 11.6 Å². The van der Waals surface area contributed by atoms with Gasteiger partial charge in [0, 0.05) is 26.1 Å². The molecule has 1 aliphatic heterocycles. The molecule has 1 aliphatic rings. The minimum Gasteiger partial charge on any atom is -0.497 e. The van der Waals surface area contributed by atoms with Crippen molar-refractivity contribution < 1.29 is 19.1 Å². The Morgan fingerprint density at radius 1 is 1.25 bits per heavy atom. The SMILES string of the molecule is COCCC(=O)N1CCC[C@H](C(=O)c2cnn(-c3ccc(OC)cc3)c2N)C1. The van der Waals surface area contributed by atoms with Crippen LogP contribution < -0.4 is 10.5 Å². The van der Waals surface area contributed by atoms with Gasteiger partial charge in [-0.15, -0.1) is 0 Å². The molecule has 3 rings (SSSR count). The highest BCUT2D eigenvalue weighted by molar-refractivity contribution is 6.02. The molecule has 150 valence electrons. The number of hydrogen-bond acceptors (Lipinski definition) is 6. The maximum Gasteiger partial charge on any atom is 0.224 e. The number of aromatic nitrogens is 2. The number of hydrogen-bond donors (Lipinski definition) is 1. The van der Waals surface area contributed by atoms with Gasteiger partial charge in [-0.25, -0.2) is 4.68 Å². The van der Waals surface area contributed by atoms with Crippen molar-refractivity contribution in [2.24, 2.45) is 5.92 Å². The third-order valence-electron chi connectivity index (χ3n) is 5.05. The molecule has 0 saturated carbocycles. The van der Waals surface area contributed by atoms with E-state index in [-0.39, 0.29) is 17.6 Å². The third-order valence-corrected chi connectivity index (χ3v) is 5.05. The number of carbonyl (C=O) groups excluding carboxylic acids is 2. The fraction of sp³-hybridized carbons (Fsp3) is 0.450. The van der Waals surface area contributed by atoms with Crippen LogP contribution in [0.1, 0.15) is 29.6 Å². The van der Waals surface area contributed by atoms with Crippen molar-refractivity contribution in [1.29, 1.82) is 0 Å². The first kappa shape index (κ1) is 19.9. The number of anilines is 1. The quantitative estimate of drug-likeness (QED) is 0.730. The highest BCUT2D eigenvalue weighted by Crippen LogP contribution is 2.26. The molecule has 0 unspecified atom stereocenters. The topological polar surface area (TPSA) is 99.7 Å². The molecule has 2 aromatic rings. The van der Waals surface area contributed by atoms with E-state index in [4.69, 9.17) is 15.2 Å². The van der Waals surface area contributed by atoms with Gasteiger partial charge in [0.2, 0.25) is 5.91 Å². The zero-order valence-electron chi connectivity index (χ0n) is 16.3. The largest absolute Gasteiger partial charge is 0.497 e. The van der Waals surface area contributed by atoms with Gasteiger partial charge in [-0.05, 0) is 37.1 Å². The summed E-state index contributed by atoms with van der Waals surface area (Å²) in [5, 5.41) is 4.28. The molecule has 2 heterocycles. The molecular formula is C20H26N4O4. The van der Waals surface area contributed by atoms with Crippen molar-refractivity contribution in [2.45, 2.75) is 19.3 Å². The maximum atomic E-state index is 13.0. The van der Waals surface area contributed by atoms with E-state index in [9.17, 15) is 9.59 Å². The van der Waals surface area contributed by atoms with Crippen LogP contribution in [0, 0.1) is 5.92 Å². The first-order valence-electron chi connectivity index (χ1n) is 9.34. The summed E-state index contributed by atoms with van der Waals surface area (Å²) < 4.78 is 11.7. The van der Waals surface area contributed by atoms with Crippen molar-refractivity contribution in [3.05, 3.63) is 36.0 Å². The minimum atomic E-state index is -0.268. The number of ketones is 1. The molecule has 1 aromatic heterocycles. The Bertz CT molecular complexity index is 831. The van der Waals surface area contributed by atoms with E-state index in [1.54, 1.807) is 19.1 Å². The Morgan fingerprint density at radius 3 is 2.68 bits per heavy atom. The predicted octanol–water partition coefficient (Wildman–Crippen LogP) is 1.92. The molecule has 8 nitrogen and oxygen atoms in total. The monoisotopic (exact) mass is 386 g/mol. The number of likely N-dealkylation sites (tertiary alicyclic amines) is 1. The number of benzene rings is 1. The number of nitrogen functional groups attached to an aromatic ring is 1. The van der Waals surface area contributed by atoms with Crippen LogP contribution in [-0.4, -0.2) is 60.3 Å². The molecule has 2 N–H and O–H groups in total. The number of nitrogens with zero attached hydrogens (tertiary/aromatic N) is 3. The molecule has 28 heavy (non-hydrogen) atoms. The predicted molar refractivity (Wildman–Crippen MR) is 105 cm³/mol. The Hall–Kier alpha value is -2.87. The minimum absolute atomic E-state index is 0.0150. The zero-order chi connectivity index (χ0) is 20.1. The molecule has 1 saturated heterocycles. The molecule has 0 bridgehead atoms. The lowest BCUT2D eigenvalue weighted by molar-refractivity contribution is -0.133. The van der Waals surface area contributed by atoms with Gasteiger partial charge in [-0.3, -0.25) is 9.59 Å². The summed E-state index contributed by atoms with van der Waals surface area (Å²) in [7, 11) is 3.17. The van der Waals surface area contributed by atoms with E-state index in [1.807, 2.05) is 24.3 Å². The summed E-state index contributed by atoms with van der Waals surface area (Å²) in [6.45, 7) is 1.47. The highest BCUT2D eigenvalue weighted by atomic mass is 16.5. The van der Waals surface area contributed by atoms with Crippen LogP contribution in [0.15, 0.2) is 30.5 Å². The molecule has 1 aromatic carbocycles. The van der Waals surface area contributed by atoms with Crippen molar-refractivity contribution in [3.63, 3.8) is 0 Å². The van der Waals surface area contributed by atoms with E-state index < -0.39 is 0 Å². The molecule has 1 amide bonds. The lowest BCUT2D eigenvalue weighted by atomic mass is 9.90. The second-order valence-electron chi connectivity index (χ2n) is 6.84. The van der Waals surface area contributed by atoms with E-state index >= 15 is 0 Å². The smallest absolute Gasteiger partial charge is 0.224 e. The number of piperidine rings is 1. The van der Waals surface area contributed by atoms with Crippen LogP contribution in [0.5, 0.6) is 5.75 Å². The van der Waals surface area contributed by atoms with Crippen LogP contribution in [-0.2, 0) is 9.53 Å². The molecule has 0 aliphatic carbocycles. The molecule has 1 fully saturated rings. The number of carbonyl (C=O) groups is 2. The van der Waals surface area contributed by atoms with E-state index in [1.165, 1.54) is 10.9 Å². The van der Waals surface area contributed by atoms with E-state index in [2.05, 4.69) is 5.10 Å². The Balaban J connectivity index is 1.73. The number of amides is 1. The van der Waals surface area contributed by atoms with Crippen molar-refractivity contribution in [3.8, 4) is 11.4 Å². The van der Waals surface area contributed by atoms with E-state index in [0.717, 1.165) is 24.3 Å². The van der Waals surface area contributed by atoms with Crippen LogP contribution in [0.2, 0.25) is 0 Å². The van der Waals surface area contributed by atoms with Crippen LogP contribution in [0.4, 0.5) is 5.82 Å². The second-order valence-corrected chi connectivity index (χ2v) is 6.84. The summed E-state index contributed by atoms with van der Waals surface area (Å²) in [5.41, 5.74) is 7.37. The summed E-state index contributed by atoms with van der Waals surface area (Å²) >= 11 is 0. The van der Waals surface area contributed by atoms with Crippen LogP contribution in [0.3, 0.4) is 0 Å². The molecule has 1 atom stereocenters. The number of rotatable bonds is 7. The van der Waals surface area contributed by atoms with Gasteiger partial charge in [0.15, 0.2) is 5.78 Å². The normalized spacial score (nSPS) is 16.8. The maximum absolute atomic E-state index is 13.0. The summed E-state index contributed by atoms with van der Waals surface area (Å²) in [5.74, 6) is 0.711. The number of Topliss-reactive ketones (excluding diaryl/α,β-unsaturated/α-hetero) is 1. The fourth-order valence-electron chi connectivity index (χ4n) is 3.46. The first-order valence-corrected chi connectivity index (χ1v) is 9.34. The summed E-state index contributed by atoms with van der Waals surface area (Å²) in [6, 6.07) is 7.27. The van der Waals surface area contributed by atoms with Crippen LogP contribution in [0.25, 0.3) is 5.69 Å². The number of ether oxygens (including phenoxy) is 2. The van der Waals surface area contributed by atoms with Crippen molar-refractivity contribution >= 4 is 17.5 Å². The molecule has 8 heteroatoms. The third kappa shape index (κ3) is 4.17. The Labute approximate surface area is 164 Å². The van der Waals surface area contributed by atoms with Gasteiger partial charge in [0.05, 0.1) is 37.6 Å². The average molecular weight is 386 g/mol. The van der Waals surface area contributed by atoms with Gasteiger partial charge in [0.25, 0.3) is 0 Å². The Morgan fingerprint density at radius 2 is 2.00 bits per heavy atom. The lowest BCUT2D eigenvalue weighted by Gasteiger charge is -2.32. The summed E-state index contributed by atoms with van der Waals surface area (Å²) in [6.07, 6.45) is 3.37. The van der Waals surface area contributed by atoms with Crippen molar-refractivity contribution in [1.82, 2.24) is 14.7 Å².